The number of aryl methyl sites for hydroxylation is 1. The average Bonchev–Trinajstić information content (AvgIpc) is 2.54. The van der Waals surface area contributed by atoms with E-state index in [0.29, 0.717) is 5.57 Å². The van der Waals surface area contributed by atoms with Gasteiger partial charge in [-0.1, -0.05) is 42.0 Å². The summed E-state index contributed by atoms with van der Waals surface area (Å²) in [6.45, 7) is 7.17. The molecule has 3 nitrogen and oxygen atoms in total. The van der Waals surface area contributed by atoms with Gasteiger partial charge in [0, 0.05) is 28.6 Å². The van der Waals surface area contributed by atoms with E-state index < -0.39 is 0 Å². The van der Waals surface area contributed by atoms with Crippen LogP contribution in [0.15, 0.2) is 63.9 Å². The number of nitrogens with zero attached hydrogens (tertiary/aromatic N) is 1. The molecule has 1 amide bonds. The predicted octanol–water partition coefficient (Wildman–Crippen LogP) is 4.85. The number of carbonyl (C=O) groups excluding carboxylic acids is 1. The number of amides is 1. The van der Waals surface area contributed by atoms with Crippen LogP contribution < -0.4 is 5.32 Å². The second-order valence-corrected chi connectivity index (χ2v) is 5.64. The van der Waals surface area contributed by atoms with Crippen molar-refractivity contribution in [3.05, 3.63) is 65.1 Å². The summed E-state index contributed by atoms with van der Waals surface area (Å²) in [5.74, 6) is -0.140. The van der Waals surface area contributed by atoms with Gasteiger partial charge in [0.1, 0.15) is 0 Å². The molecule has 0 unspecified atom stereocenters. The van der Waals surface area contributed by atoms with E-state index in [1.807, 2.05) is 24.3 Å². The Hall–Kier alpha value is -2.33. The van der Waals surface area contributed by atoms with Crippen molar-refractivity contribution in [1.82, 2.24) is 0 Å². The fourth-order valence-electron chi connectivity index (χ4n) is 1.89. The molecule has 0 heterocycles. The highest BCUT2D eigenvalue weighted by molar-refractivity contribution is 8.01. The highest BCUT2D eigenvalue weighted by atomic mass is 32.2. The molecule has 2 aromatic rings. The summed E-state index contributed by atoms with van der Waals surface area (Å²) >= 11 is 1.15. The molecule has 0 aliphatic rings. The molecule has 112 valence electrons. The molecule has 0 atom stereocenters. The van der Waals surface area contributed by atoms with Gasteiger partial charge in [-0.25, -0.2) is 4.40 Å². The number of hydrogen-bond acceptors (Lipinski definition) is 3. The minimum Gasteiger partial charge on any atom is -0.322 e. The summed E-state index contributed by atoms with van der Waals surface area (Å²) in [6.07, 6.45) is 0. The summed E-state index contributed by atoms with van der Waals surface area (Å²) in [5.41, 5.74) is 4.89. The van der Waals surface area contributed by atoms with Gasteiger partial charge in [0.25, 0.3) is 5.91 Å². The van der Waals surface area contributed by atoms with E-state index in [0.717, 1.165) is 28.8 Å². The van der Waals surface area contributed by atoms with E-state index >= 15 is 0 Å². The minimum atomic E-state index is -0.140. The second-order valence-electron chi connectivity index (χ2n) is 4.93. The van der Waals surface area contributed by atoms with Crippen molar-refractivity contribution >= 4 is 30.3 Å². The van der Waals surface area contributed by atoms with Crippen LogP contribution in [0.2, 0.25) is 0 Å². The Kier molecular flexibility index (Phi) is 5.55. The first-order valence-electron chi connectivity index (χ1n) is 6.87. The summed E-state index contributed by atoms with van der Waals surface area (Å²) in [7, 11) is 0. The van der Waals surface area contributed by atoms with Crippen molar-refractivity contribution in [2.75, 3.05) is 5.32 Å². The first-order valence-corrected chi connectivity index (χ1v) is 7.71. The standard InChI is InChI=1S/C18H18N2OS/c1-13-4-6-15(7-5-13)16-8-10-17(11-9-16)20-18(21)14(2)12-22-19-3/h4-12H,3H2,1-2H3,(H,20,21)/b14-12+. The van der Waals surface area contributed by atoms with Gasteiger partial charge in [0.05, 0.1) is 0 Å². The highest BCUT2D eigenvalue weighted by Crippen LogP contribution is 2.22. The molecule has 0 saturated heterocycles. The maximum absolute atomic E-state index is 12.0. The van der Waals surface area contributed by atoms with Gasteiger partial charge in [-0.05, 0) is 43.8 Å². The van der Waals surface area contributed by atoms with Crippen LogP contribution in [-0.2, 0) is 4.79 Å². The molecule has 0 saturated carbocycles. The third kappa shape index (κ3) is 4.33. The zero-order valence-electron chi connectivity index (χ0n) is 12.7. The Morgan fingerprint density at radius 3 is 2.18 bits per heavy atom. The van der Waals surface area contributed by atoms with Gasteiger partial charge >= 0.3 is 0 Å². The van der Waals surface area contributed by atoms with E-state index in [9.17, 15) is 4.79 Å². The van der Waals surface area contributed by atoms with Gasteiger partial charge in [-0.3, -0.25) is 4.79 Å². The normalized spacial score (nSPS) is 11.1. The number of benzene rings is 2. The summed E-state index contributed by atoms with van der Waals surface area (Å²) in [4.78, 5) is 12.0. The van der Waals surface area contributed by atoms with E-state index in [1.54, 1.807) is 12.3 Å². The Bertz CT molecular complexity index is 688. The average molecular weight is 310 g/mol. The van der Waals surface area contributed by atoms with Crippen molar-refractivity contribution in [2.45, 2.75) is 13.8 Å². The lowest BCUT2D eigenvalue weighted by molar-refractivity contribution is -0.112. The number of carbonyl (C=O) groups is 1. The Labute approximate surface area is 135 Å². The second kappa shape index (κ2) is 7.61. The van der Waals surface area contributed by atoms with Crippen molar-refractivity contribution < 1.29 is 4.79 Å². The first kappa shape index (κ1) is 16.0. The van der Waals surface area contributed by atoms with E-state index in [-0.39, 0.29) is 5.91 Å². The molecular weight excluding hydrogens is 292 g/mol. The molecule has 2 rings (SSSR count). The van der Waals surface area contributed by atoms with Crippen molar-refractivity contribution in [1.29, 1.82) is 0 Å². The smallest absolute Gasteiger partial charge is 0.251 e. The monoisotopic (exact) mass is 310 g/mol. The first-order chi connectivity index (χ1) is 10.6. The number of hydrogen-bond donors (Lipinski definition) is 1. The third-order valence-electron chi connectivity index (χ3n) is 3.19. The lowest BCUT2D eigenvalue weighted by Gasteiger charge is -2.07. The van der Waals surface area contributed by atoms with Crippen LogP contribution in [0.4, 0.5) is 5.69 Å². The zero-order valence-corrected chi connectivity index (χ0v) is 13.5. The van der Waals surface area contributed by atoms with Crippen LogP contribution in [0.1, 0.15) is 12.5 Å². The van der Waals surface area contributed by atoms with Crippen molar-refractivity contribution in [3.8, 4) is 11.1 Å². The van der Waals surface area contributed by atoms with Crippen LogP contribution in [0, 0.1) is 6.92 Å². The van der Waals surface area contributed by atoms with Gasteiger partial charge < -0.3 is 5.32 Å². The summed E-state index contributed by atoms with van der Waals surface area (Å²) in [6, 6.07) is 16.2. The molecule has 2 aromatic carbocycles. The molecule has 1 N–H and O–H groups in total. The molecular formula is C18H18N2OS. The number of anilines is 1. The van der Waals surface area contributed by atoms with Gasteiger partial charge in [0.2, 0.25) is 0 Å². The van der Waals surface area contributed by atoms with Gasteiger partial charge in [0.15, 0.2) is 0 Å². The van der Waals surface area contributed by atoms with E-state index in [1.165, 1.54) is 5.56 Å². The van der Waals surface area contributed by atoms with Crippen LogP contribution in [0.5, 0.6) is 0 Å². The topological polar surface area (TPSA) is 41.5 Å². The van der Waals surface area contributed by atoms with Crippen molar-refractivity contribution in [2.24, 2.45) is 4.40 Å². The van der Waals surface area contributed by atoms with E-state index in [2.05, 4.69) is 47.6 Å². The maximum atomic E-state index is 12.0. The molecule has 0 radical (unpaired) electrons. The highest BCUT2D eigenvalue weighted by Gasteiger charge is 2.05. The molecule has 22 heavy (non-hydrogen) atoms. The van der Waals surface area contributed by atoms with Crippen molar-refractivity contribution in [3.63, 3.8) is 0 Å². The molecule has 0 bridgehead atoms. The lowest BCUT2D eigenvalue weighted by Crippen LogP contribution is -2.12. The maximum Gasteiger partial charge on any atom is 0.251 e. The SMILES string of the molecule is C=NS/C=C(\C)C(=O)Nc1ccc(-c2ccc(C)cc2)cc1. The molecule has 0 fully saturated rings. The quantitative estimate of drug-likeness (QED) is 0.487. The Balaban J connectivity index is 2.07. The van der Waals surface area contributed by atoms with Crippen LogP contribution in [-0.4, -0.2) is 12.6 Å². The molecule has 4 heteroatoms. The van der Waals surface area contributed by atoms with Gasteiger partial charge in [-0.2, -0.15) is 0 Å². The Morgan fingerprint density at radius 1 is 1.09 bits per heavy atom. The predicted molar refractivity (Wildman–Crippen MR) is 96.1 cm³/mol. The lowest BCUT2D eigenvalue weighted by atomic mass is 10.0. The molecule has 0 aliphatic heterocycles. The third-order valence-corrected chi connectivity index (χ3v) is 3.80. The molecule has 0 spiro atoms. The molecule has 0 aromatic heterocycles. The van der Waals surface area contributed by atoms with Crippen LogP contribution >= 0.6 is 11.9 Å². The fourth-order valence-corrected chi connectivity index (χ4v) is 2.23. The summed E-state index contributed by atoms with van der Waals surface area (Å²) < 4.78 is 3.63. The Morgan fingerprint density at radius 2 is 1.64 bits per heavy atom. The van der Waals surface area contributed by atoms with Crippen LogP contribution in [0.25, 0.3) is 11.1 Å². The summed E-state index contributed by atoms with van der Waals surface area (Å²) in [5, 5.41) is 4.53. The number of rotatable bonds is 5. The largest absolute Gasteiger partial charge is 0.322 e. The van der Waals surface area contributed by atoms with Crippen LogP contribution in [0.3, 0.4) is 0 Å². The minimum absolute atomic E-state index is 0.140. The van der Waals surface area contributed by atoms with Gasteiger partial charge in [-0.15, -0.1) is 0 Å². The van der Waals surface area contributed by atoms with E-state index in [4.69, 9.17) is 0 Å². The fraction of sp³-hybridized carbons (Fsp3) is 0.111. The molecule has 0 aliphatic carbocycles. The zero-order chi connectivity index (χ0) is 15.9. The number of nitrogens with one attached hydrogen (secondary N) is 1.